The Morgan fingerprint density at radius 2 is 2.08 bits per heavy atom. The van der Waals surface area contributed by atoms with E-state index in [1.54, 1.807) is 42.1 Å². The molecule has 0 aliphatic heterocycles. The Labute approximate surface area is 137 Å². The summed E-state index contributed by atoms with van der Waals surface area (Å²) in [6.07, 6.45) is 3.40. The molecule has 3 aromatic rings. The Morgan fingerprint density at radius 3 is 2.67 bits per heavy atom. The highest BCUT2D eigenvalue weighted by Crippen LogP contribution is 2.21. The van der Waals surface area contributed by atoms with Crippen molar-refractivity contribution in [2.75, 3.05) is 5.32 Å². The van der Waals surface area contributed by atoms with Gasteiger partial charge in [0, 0.05) is 25.5 Å². The summed E-state index contributed by atoms with van der Waals surface area (Å²) < 4.78 is 19.9. The van der Waals surface area contributed by atoms with Crippen molar-refractivity contribution in [2.45, 2.75) is 13.0 Å². The number of anilines is 1. The number of imidazole rings is 1. The molecule has 1 unspecified atom stereocenters. The molecule has 2 aromatic heterocycles. The van der Waals surface area contributed by atoms with Gasteiger partial charge >= 0.3 is 6.03 Å². The number of carbonyl (C=O) groups is 1. The average Bonchev–Trinajstić information content (AvgIpc) is 3.14. The van der Waals surface area contributed by atoms with E-state index in [0.29, 0.717) is 23.0 Å². The van der Waals surface area contributed by atoms with E-state index >= 15 is 0 Å². The number of amides is 2. The predicted molar refractivity (Wildman–Crippen MR) is 84.8 cm³/mol. The normalized spacial score (nSPS) is 12.0. The van der Waals surface area contributed by atoms with Gasteiger partial charge in [0.15, 0.2) is 5.82 Å². The van der Waals surface area contributed by atoms with Crippen molar-refractivity contribution >= 4 is 11.8 Å². The summed E-state index contributed by atoms with van der Waals surface area (Å²) in [6.45, 7) is 1.73. The molecule has 1 atom stereocenters. The third kappa shape index (κ3) is 3.43. The molecule has 2 heterocycles. The Bertz CT molecular complexity index is 840. The number of aryl methyl sites for hydroxylation is 2. The van der Waals surface area contributed by atoms with Crippen molar-refractivity contribution in [3.8, 4) is 0 Å². The van der Waals surface area contributed by atoms with Crippen LogP contribution in [0.4, 0.5) is 15.0 Å². The number of benzene rings is 1. The molecule has 2 amide bonds. The fourth-order valence-corrected chi connectivity index (χ4v) is 2.32. The molecule has 3 rings (SSSR count). The second-order valence-electron chi connectivity index (χ2n) is 5.30. The Morgan fingerprint density at radius 1 is 1.33 bits per heavy atom. The van der Waals surface area contributed by atoms with E-state index in [-0.39, 0.29) is 5.82 Å². The number of halogens is 1. The van der Waals surface area contributed by atoms with E-state index < -0.39 is 12.1 Å². The number of carbonyl (C=O) groups excluding carboxylic acids is 1. The van der Waals surface area contributed by atoms with Crippen molar-refractivity contribution in [3.63, 3.8) is 0 Å². The highest BCUT2D eigenvalue weighted by Gasteiger charge is 2.21. The van der Waals surface area contributed by atoms with Crippen molar-refractivity contribution in [2.24, 2.45) is 7.05 Å². The van der Waals surface area contributed by atoms with Gasteiger partial charge in [0.05, 0.1) is 0 Å². The van der Waals surface area contributed by atoms with Gasteiger partial charge in [-0.05, 0) is 24.6 Å². The van der Waals surface area contributed by atoms with E-state index in [0.717, 1.165) is 0 Å². The molecule has 24 heavy (non-hydrogen) atoms. The van der Waals surface area contributed by atoms with Crippen LogP contribution in [-0.4, -0.2) is 20.7 Å². The fraction of sp³-hybridized carbons (Fsp3) is 0.188. The van der Waals surface area contributed by atoms with Gasteiger partial charge in [-0.3, -0.25) is 5.32 Å². The first-order valence-corrected chi connectivity index (χ1v) is 7.26. The van der Waals surface area contributed by atoms with Crippen LogP contribution in [0.15, 0.2) is 47.2 Å². The highest BCUT2D eigenvalue weighted by molar-refractivity contribution is 5.88. The second kappa shape index (κ2) is 6.53. The smallest absolute Gasteiger partial charge is 0.321 e. The lowest BCUT2D eigenvalue weighted by Gasteiger charge is -2.19. The Kier molecular flexibility index (Phi) is 4.28. The quantitative estimate of drug-likeness (QED) is 0.771. The van der Waals surface area contributed by atoms with Gasteiger partial charge in [0.1, 0.15) is 23.4 Å². The Balaban J connectivity index is 1.83. The van der Waals surface area contributed by atoms with Gasteiger partial charge in [-0.25, -0.2) is 14.2 Å². The SMILES string of the molecule is Cc1cc(NC(=O)NC(c2ccc(F)cc2)c2nccn2C)no1. The maximum absolute atomic E-state index is 13.2. The summed E-state index contributed by atoms with van der Waals surface area (Å²) in [7, 11) is 1.82. The van der Waals surface area contributed by atoms with Crippen molar-refractivity contribution in [1.29, 1.82) is 0 Å². The van der Waals surface area contributed by atoms with Crippen LogP contribution in [-0.2, 0) is 7.05 Å². The number of hydrogen-bond donors (Lipinski definition) is 2. The zero-order valence-corrected chi connectivity index (χ0v) is 13.2. The molecule has 0 saturated carbocycles. The molecule has 0 spiro atoms. The molecule has 7 nitrogen and oxygen atoms in total. The Hall–Kier alpha value is -3.16. The molecular formula is C16H16FN5O2. The minimum atomic E-state index is -0.543. The van der Waals surface area contributed by atoms with Crippen LogP contribution in [0.3, 0.4) is 0 Å². The lowest BCUT2D eigenvalue weighted by atomic mass is 10.1. The van der Waals surface area contributed by atoms with Crippen LogP contribution in [0.5, 0.6) is 0 Å². The number of rotatable bonds is 4. The number of nitrogens with zero attached hydrogens (tertiary/aromatic N) is 3. The average molecular weight is 329 g/mol. The lowest BCUT2D eigenvalue weighted by molar-refractivity contribution is 0.249. The minimum absolute atomic E-state index is 0.308. The lowest BCUT2D eigenvalue weighted by Crippen LogP contribution is -2.34. The molecule has 0 aliphatic rings. The molecule has 8 heteroatoms. The third-order valence-electron chi connectivity index (χ3n) is 3.46. The summed E-state index contributed by atoms with van der Waals surface area (Å²) in [6, 6.07) is 6.48. The van der Waals surface area contributed by atoms with Crippen LogP contribution in [0, 0.1) is 12.7 Å². The number of nitrogens with one attached hydrogen (secondary N) is 2. The third-order valence-corrected chi connectivity index (χ3v) is 3.46. The maximum Gasteiger partial charge on any atom is 0.321 e. The van der Waals surface area contributed by atoms with Crippen molar-refractivity contribution in [3.05, 3.63) is 65.7 Å². The zero-order chi connectivity index (χ0) is 17.1. The molecule has 124 valence electrons. The largest absolute Gasteiger partial charge is 0.360 e. The molecule has 0 saturated heterocycles. The minimum Gasteiger partial charge on any atom is -0.360 e. The van der Waals surface area contributed by atoms with Gasteiger partial charge in [-0.15, -0.1) is 0 Å². The van der Waals surface area contributed by atoms with Crippen molar-refractivity contribution in [1.82, 2.24) is 20.0 Å². The molecule has 0 aliphatic carbocycles. The van der Waals surface area contributed by atoms with Crippen LogP contribution in [0.25, 0.3) is 0 Å². The van der Waals surface area contributed by atoms with Crippen LogP contribution >= 0.6 is 0 Å². The summed E-state index contributed by atoms with van der Waals surface area (Å²) in [5.41, 5.74) is 0.706. The number of aromatic nitrogens is 3. The van der Waals surface area contributed by atoms with Gasteiger partial charge in [0.2, 0.25) is 0 Å². The van der Waals surface area contributed by atoms with E-state index in [1.165, 1.54) is 12.1 Å². The zero-order valence-electron chi connectivity index (χ0n) is 13.2. The highest BCUT2D eigenvalue weighted by atomic mass is 19.1. The number of urea groups is 1. The van der Waals surface area contributed by atoms with E-state index in [9.17, 15) is 9.18 Å². The van der Waals surface area contributed by atoms with E-state index in [1.807, 2.05) is 7.05 Å². The van der Waals surface area contributed by atoms with E-state index in [4.69, 9.17) is 4.52 Å². The molecule has 1 aromatic carbocycles. The predicted octanol–water partition coefficient (Wildman–Crippen LogP) is 2.77. The van der Waals surface area contributed by atoms with Gasteiger partial charge in [0.25, 0.3) is 0 Å². The van der Waals surface area contributed by atoms with Gasteiger partial charge < -0.3 is 14.4 Å². The summed E-state index contributed by atoms with van der Waals surface area (Å²) in [4.78, 5) is 16.5. The van der Waals surface area contributed by atoms with Crippen LogP contribution in [0.1, 0.15) is 23.2 Å². The van der Waals surface area contributed by atoms with Gasteiger partial charge in [-0.2, -0.15) is 0 Å². The standard InChI is InChI=1S/C16H16FN5O2/c1-10-9-13(21-24-10)19-16(23)20-14(15-18-7-8-22(15)2)11-3-5-12(17)6-4-11/h3-9,14H,1-2H3,(H2,19,20,21,23). The van der Waals surface area contributed by atoms with Crippen LogP contribution < -0.4 is 10.6 Å². The van der Waals surface area contributed by atoms with Gasteiger partial charge in [-0.1, -0.05) is 17.3 Å². The molecule has 2 N–H and O–H groups in total. The molecule has 0 bridgehead atoms. The fourth-order valence-electron chi connectivity index (χ4n) is 2.32. The summed E-state index contributed by atoms with van der Waals surface area (Å²) >= 11 is 0. The first-order valence-electron chi connectivity index (χ1n) is 7.26. The summed E-state index contributed by atoms with van der Waals surface area (Å²) in [5, 5.41) is 9.12. The molecule has 0 fully saturated rings. The summed E-state index contributed by atoms with van der Waals surface area (Å²) in [5.74, 6) is 1.17. The first kappa shape index (κ1) is 15.7. The molecule has 0 radical (unpaired) electrons. The maximum atomic E-state index is 13.2. The van der Waals surface area contributed by atoms with Crippen molar-refractivity contribution < 1.29 is 13.7 Å². The molecular weight excluding hydrogens is 313 g/mol. The van der Waals surface area contributed by atoms with E-state index in [2.05, 4.69) is 20.8 Å². The first-order chi connectivity index (χ1) is 11.5. The monoisotopic (exact) mass is 329 g/mol. The topological polar surface area (TPSA) is 85.0 Å². The number of hydrogen-bond acceptors (Lipinski definition) is 4. The van der Waals surface area contributed by atoms with Crippen LogP contribution in [0.2, 0.25) is 0 Å². The second-order valence-corrected chi connectivity index (χ2v) is 5.30.